The first-order valence-electron chi connectivity index (χ1n) is 7.05. The molecule has 1 heterocycles. The van der Waals surface area contributed by atoms with E-state index in [-0.39, 0.29) is 5.78 Å². The van der Waals surface area contributed by atoms with Crippen molar-refractivity contribution in [3.05, 3.63) is 76.2 Å². The molecule has 0 saturated heterocycles. The molecule has 3 rings (SSSR count). The van der Waals surface area contributed by atoms with Gasteiger partial charge in [-0.05, 0) is 35.4 Å². The fourth-order valence-electron chi connectivity index (χ4n) is 2.34. The van der Waals surface area contributed by atoms with E-state index in [2.05, 4.69) is 4.98 Å². The average Bonchev–Trinajstić information content (AvgIpc) is 3.04. The summed E-state index contributed by atoms with van der Waals surface area (Å²) in [5.41, 5.74) is 2.58. The van der Waals surface area contributed by atoms with Gasteiger partial charge in [-0.15, -0.1) is 0 Å². The van der Waals surface area contributed by atoms with Crippen LogP contribution in [0.5, 0.6) is 0 Å². The number of hydrogen-bond acceptors (Lipinski definition) is 3. The van der Waals surface area contributed by atoms with Gasteiger partial charge in [-0.1, -0.05) is 41.4 Å². The van der Waals surface area contributed by atoms with Crippen molar-refractivity contribution in [1.82, 2.24) is 4.98 Å². The molecule has 0 aliphatic carbocycles. The molecule has 0 fully saturated rings. The van der Waals surface area contributed by atoms with Crippen LogP contribution < -0.4 is 0 Å². The largest absolute Gasteiger partial charge is 0.443 e. The Balaban J connectivity index is 1.69. The molecular weight excluding hydrogens is 333 g/mol. The Bertz CT molecular complexity index is 812. The van der Waals surface area contributed by atoms with E-state index < -0.39 is 0 Å². The van der Waals surface area contributed by atoms with Gasteiger partial charge in [0.05, 0.1) is 11.2 Å². The van der Waals surface area contributed by atoms with E-state index in [0.717, 1.165) is 16.7 Å². The Hall–Kier alpha value is -2.10. The van der Waals surface area contributed by atoms with Crippen molar-refractivity contribution in [2.75, 3.05) is 0 Å². The predicted molar refractivity (Wildman–Crippen MR) is 90.8 cm³/mol. The van der Waals surface area contributed by atoms with Crippen molar-refractivity contribution < 1.29 is 9.21 Å². The van der Waals surface area contributed by atoms with Crippen LogP contribution in [-0.4, -0.2) is 10.8 Å². The first-order chi connectivity index (χ1) is 11.1. The molecule has 3 nitrogen and oxygen atoms in total. The lowest BCUT2D eigenvalue weighted by molar-refractivity contribution is -0.117. The van der Waals surface area contributed by atoms with Crippen LogP contribution in [0.2, 0.25) is 10.0 Å². The van der Waals surface area contributed by atoms with E-state index in [4.69, 9.17) is 27.6 Å². The monoisotopic (exact) mass is 345 g/mol. The van der Waals surface area contributed by atoms with Gasteiger partial charge in [-0.3, -0.25) is 4.79 Å². The lowest BCUT2D eigenvalue weighted by atomic mass is 10.0. The van der Waals surface area contributed by atoms with E-state index in [1.54, 1.807) is 24.4 Å². The minimum absolute atomic E-state index is 0.121. The van der Waals surface area contributed by atoms with Crippen LogP contribution in [0.25, 0.3) is 11.3 Å². The van der Waals surface area contributed by atoms with Crippen molar-refractivity contribution in [3.63, 3.8) is 0 Å². The van der Waals surface area contributed by atoms with E-state index in [0.29, 0.717) is 28.6 Å². The molecule has 0 aliphatic rings. The first-order valence-corrected chi connectivity index (χ1v) is 7.81. The highest BCUT2D eigenvalue weighted by Gasteiger charge is 2.10. The minimum Gasteiger partial charge on any atom is -0.443 e. The zero-order valence-electron chi connectivity index (χ0n) is 12.1. The molecule has 0 unspecified atom stereocenters. The Kier molecular flexibility index (Phi) is 4.79. The maximum atomic E-state index is 12.2. The second-order valence-electron chi connectivity index (χ2n) is 5.20. The summed E-state index contributed by atoms with van der Waals surface area (Å²) < 4.78 is 5.24. The Morgan fingerprint density at radius 1 is 1.00 bits per heavy atom. The molecule has 23 heavy (non-hydrogen) atoms. The van der Waals surface area contributed by atoms with Crippen LogP contribution in [-0.2, 0) is 17.6 Å². The minimum atomic E-state index is 0.121. The topological polar surface area (TPSA) is 43.1 Å². The van der Waals surface area contributed by atoms with Gasteiger partial charge in [0.15, 0.2) is 12.2 Å². The average molecular weight is 346 g/mol. The number of Topliss-reactive ketones (excluding diaryl/α,β-unsaturated/α-hetero) is 1. The van der Waals surface area contributed by atoms with Gasteiger partial charge in [0.25, 0.3) is 0 Å². The van der Waals surface area contributed by atoms with Crippen molar-refractivity contribution in [2.45, 2.75) is 12.8 Å². The molecule has 3 aromatic rings. The fourth-order valence-corrected chi connectivity index (χ4v) is 2.76. The maximum Gasteiger partial charge on any atom is 0.181 e. The van der Waals surface area contributed by atoms with Crippen LogP contribution in [0.3, 0.4) is 0 Å². The zero-order valence-corrected chi connectivity index (χ0v) is 13.6. The van der Waals surface area contributed by atoms with Gasteiger partial charge in [0, 0.05) is 23.4 Å². The normalized spacial score (nSPS) is 10.7. The summed E-state index contributed by atoms with van der Waals surface area (Å²) in [6, 6.07) is 12.8. The number of carbonyl (C=O) groups is 1. The fraction of sp³-hybridized carbons (Fsp3) is 0.111. The molecule has 5 heteroatoms. The first kappa shape index (κ1) is 15.8. The SMILES string of the molecule is O=C(Cc1ccc(Cl)cc1)Cc1ccc(-c2cnco2)c(Cl)c1. The number of aromatic nitrogens is 1. The number of halogens is 2. The van der Waals surface area contributed by atoms with Crippen molar-refractivity contribution in [1.29, 1.82) is 0 Å². The Labute approximate surface area is 143 Å². The number of benzene rings is 2. The van der Waals surface area contributed by atoms with Gasteiger partial charge in [0.1, 0.15) is 5.78 Å². The molecule has 0 amide bonds. The number of hydrogen-bond donors (Lipinski definition) is 0. The molecule has 116 valence electrons. The molecule has 1 aromatic heterocycles. The van der Waals surface area contributed by atoms with Crippen molar-refractivity contribution in [3.8, 4) is 11.3 Å². The van der Waals surface area contributed by atoms with Gasteiger partial charge >= 0.3 is 0 Å². The second kappa shape index (κ2) is 6.99. The molecule has 0 atom stereocenters. The second-order valence-corrected chi connectivity index (χ2v) is 6.04. The molecule has 0 N–H and O–H groups in total. The highest BCUT2D eigenvalue weighted by Crippen LogP contribution is 2.28. The maximum absolute atomic E-state index is 12.2. The molecule has 0 spiro atoms. The van der Waals surface area contributed by atoms with Crippen LogP contribution >= 0.6 is 23.2 Å². The molecule has 0 bridgehead atoms. The smallest absolute Gasteiger partial charge is 0.181 e. The zero-order chi connectivity index (χ0) is 16.2. The van der Waals surface area contributed by atoms with Crippen LogP contribution in [0.15, 0.2) is 59.5 Å². The van der Waals surface area contributed by atoms with E-state index in [9.17, 15) is 4.79 Å². The third-order valence-corrected chi connectivity index (χ3v) is 4.01. The molecule has 0 radical (unpaired) electrons. The Morgan fingerprint density at radius 3 is 2.35 bits per heavy atom. The Morgan fingerprint density at radius 2 is 1.70 bits per heavy atom. The highest BCUT2D eigenvalue weighted by molar-refractivity contribution is 6.33. The summed E-state index contributed by atoms with van der Waals surface area (Å²) in [5, 5.41) is 1.20. The van der Waals surface area contributed by atoms with Crippen LogP contribution in [0.4, 0.5) is 0 Å². The predicted octanol–water partition coefficient (Wildman–Crippen LogP) is 5.00. The molecule has 0 aliphatic heterocycles. The lowest BCUT2D eigenvalue weighted by Gasteiger charge is -2.05. The van der Waals surface area contributed by atoms with Crippen LogP contribution in [0.1, 0.15) is 11.1 Å². The quantitative estimate of drug-likeness (QED) is 0.653. The molecule has 2 aromatic carbocycles. The lowest BCUT2D eigenvalue weighted by Crippen LogP contribution is -2.06. The number of nitrogens with zero attached hydrogens (tertiary/aromatic N) is 1. The molecule has 0 saturated carbocycles. The summed E-state index contributed by atoms with van der Waals surface area (Å²) >= 11 is 12.1. The van der Waals surface area contributed by atoms with Crippen LogP contribution in [0, 0.1) is 0 Å². The van der Waals surface area contributed by atoms with Gasteiger partial charge < -0.3 is 4.42 Å². The summed E-state index contributed by atoms with van der Waals surface area (Å²) in [7, 11) is 0. The third kappa shape index (κ3) is 4.01. The van der Waals surface area contributed by atoms with Gasteiger partial charge in [-0.2, -0.15) is 0 Å². The summed E-state index contributed by atoms with van der Waals surface area (Å²) in [4.78, 5) is 16.1. The van der Waals surface area contributed by atoms with E-state index in [1.807, 2.05) is 24.3 Å². The van der Waals surface area contributed by atoms with Crippen molar-refractivity contribution >= 4 is 29.0 Å². The summed E-state index contributed by atoms with van der Waals surface area (Å²) in [5.74, 6) is 0.727. The number of ketones is 1. The number of rotatable bonds is 5. The highest BCUT2D eigenvalue weighted by atomic mass is 35.5. The number of carbonyl (C=O) groups excluding carboxylic acids is 1. The third-order valence-electron chi connectivity index (χ3n) is 3.45. The molecular formula is C18H13Cl2NO2. The van der Waals surface area contributed by atoms with Gasteiger partial charge in [0.2, 0.25) is 0 Å². The van der Waals surface area contributed by atoms with Gasteiger partial charge in [-0.25, -0.2) is 4.98 Å². The number of oxazole rings is 1. The standard InChI is InChI=1S/C18H13Cl2NO2/c19-14-4-1-12(2-5-14)7-15(22)8-13-3-6-16(17(20)9-13)18-10-21-11-23-18/h1-6,9-11H,7-8H2. The summed E-state index contributed by atoms with van der Waals surface area (Å²) in [6.45, 7) is 0. The van der Waals surface area contributed by atoms with E-state index in [1.165, 1.54) is 6.39 Å². The summed E-state index contributed by atoms with van der Waals surface area (Å²) in [6.07, 6.45) is 3.67. The van der Waals surface area contributed by atoms with E-state index >= 15 is 0 Å². The van der Waals surface area contributed by atoms with Crippen molar-refractivity contribution in [2.24, 2.45) is 0 Å².